The Morgan fingerprint density at radius 2 is 2.22 bits per heavy atom. The van der Waals surface area contributed by atoms with Crippen molar-refractivity contribution in [3.8, 4) is 0 Å². The minimum atomic E-state index is -0.0485. The van der Waals surface area contributed by atoms with Crippen LogP contribution in [0, 0.1) is 0 Å². The average molecular weight is 132 g/mol. The minimum absolute atomic E-state index is 0.0485. The first-order valence-corrected chi connectivity index (χ1v) is 2.83. The zero-order valence-electron chi connectivity index (χ0n) is 5.59. The number of hydrogen-bond donors (Lipinski definition) is 1. The van der Waals surface area contributed by atoms with Gasteiger partial charge in [0.1, 0.15) is 6.61 Å². The van der Waals surface area contributed by atoms with E-state index in [1.807, 2.05) is 6.92 Å². The van der Waals surface area contributed by atoms with E-state index in [4.69, 9.17) is 5.11 Å². The summed E-state index contributed by atoms with van der Waals surface area (Å²) in [4.78, 5) is 9.11. The maximum absolute atomic E-state index is 8.40. The monoisotopic (exact) mass is 132 g/mol. The van der Waals surface area contributed by atoms with Gasteiger partial charge in [0.2, 0.25) is 0 Å². The molecule has 0 atom stereocenters. The first-order chi connectivity index (χ1) is 4.31. The molecule has 0 rings (SSSR count). The van der Waals surface area contributed by atoms with E-state index in [1.165, 1.54) is 0 Å². The fourth-order valence-electron chi connectivity index (χ4n) is 0.254. The SMILES string of the molecule is C=C(CO)COOCC. The van der Waals surface area contributed by atoms with Crippen LogP contribution in [0.5, 0.6) is 0 Å². The number of aliphatic hydroxyl groups is 1. The number of aliphatic hydroxyl groups excluding tert-OH is 1. The highest BCUT2D eigenvalue weighted by Gasteiger charge is 1.90. The van der Waals surface area contributed by atoms with Crippen molar-refractivity contribution in [1.82, 2.24) is 0 Å². The van der Waals surface area contributed by atoms with Crippen LogP contribution in [0.1, 0.15) is 6.92 Å². The van der Waals surface area contributed by atoms with Crippen molar-refractivity contribution in [2.45, 2.75) is 6.92 Å². The van der Waals surface area contributed by atoms with E-state index in [0.29, 0.717) is 12.2 Å². The van der Waals surface area contributed by atoms with Crippen molar-refractivity contribution in [1.29, 1.82) is 0 Å². The number of rotatable bonds is 5. The summed E-state index contributed by atoms with van der Waals surface area (Å²) in [6.45, 7) is 6.04. The standard InChI is InChI=1S/C6H12O3/c1-3-8-9-5-6(2)4-7/h7H,2-5H2,1H3. The molecule has 0 aromatic carbocycles. The van der Waals surface area contributed by atoms with Gasteiger partial charge in [-0.25, -0.2) is 9.78 Å². The van der Waals surface area contributed by atoms with Crippen molar-refractivity contribution < 1.29 is 14.9 Å². The van der Waals surface area contributed by atoms with E-state index in [2.05, 4.69) is 16.4 Å². The van der Waals surface area contributed by atoms with Crippen LogP contribution in [-0.2, 0) is 9.78 Å². The van der Waals surface area contributed by atoms with Crippen LogP contribution in [0.4, 0.5) is 0 Å². The highest BCUT2D eigenvalue weighted by molar-refractivity contribution is 4.92. The van der Waals surface area contributed by atoms with Crippen molar-refractivity contribution in [3.63, 3.8) is 0 Å². The molecular weight excluding hydrogens is 120 g/mol. The van der Waals surface area contributed by atoms with Gasteiger partial charge in [-0.1, -0.05) is 6.58 Å². The lowest BCUT2D eigenvalue weighted by molar-refractivity contribution is -0.284. The zero-order chi connectivity index (χ0) is 7.11. The summed E-state index contributed by atoms with van der Waals surface area (Å²) in [5.74, 6) is 0. The smallest absolute Gasteiger partial charge is 0.105 e. The quantitative estimate of drug-likeness (QED) is 0.256. The fourth-order valence-corrected chi connectivity index (χ4v) is 0.254. The Morgan fingerprint density at radius 1 is 1.56 bits per heavy atom. The lowest BCUT2D eigenvalue weighted by atomic mass is 10.4. The van der Waals surface area contributed by atoms with Crippen LogP contribution >= 0.6 is 0 Å². The Bertz CT molecular complexity index is 80.4. The summed E-state index contributed by atoms with van der Waals surface area (Å²) in [5, 5.41) is 8.40. The first-order valence-electron chi connectivity index (χ1n) is 2.83. The zero-order valence-corrected chi connectivity index (χ0v) is 5.59. The first kappa shape index (κ1) is 8.62. The summed E-state index contributed by atoms with van der Waals surface area (Å²) in [6.07, 6.45) is 0. The Kier molecular flexibility index (Phi) is 5.51. The molecule has 0 bridgehead atoms. The second-order valence-electron chi connectivity index (χ2n) is 1.58. The average Bonchev–Trinajstić information content (AvgIpc) is 1.89. The molecule has 0 spiro atoms. The van der Waals surface area contributed by atoms with Crippen molar-refractivity contribution in [2.75, 3.05) is 19.8 Å². The molecule has 0 aliphatic heterocycles. The van der Waals surface area contributed by atoms with Gasteiger partial charge in [-0.05, 0) is 12.5 Å². The van der Waals surface area contributed by atoms with Crippen LogP contribution in [0.3, 0.4) is 0 Å². The van der Waals surface area contributed by atoms with Gasteiger partial charge in [-0.2, -0.15) is 0 Å². The highest BCUT2D eigenvalue weighted by atomic mass is 17.2. The Hall–Kier alpha value is -0.380. The molecule has 0 fully saturated rings. The van der Waals surface area contributed by atoms with Crippen LogP contribution < -0.4 is 0 Å². The molecule has 0 aromatic heterocycles. The molecule has 0 saturated carbocycles. The molecule has 0 unspecified atom stereocenters. The minimum Gasteiger partial charge on any atom is -0.392 e. The second kappa shape index (κ2) is 5.75. The molecule has 9 heavy (non-hydrogen) atoms. The molecule has 0 amide bonds. The van der Waals surface area contributed by atoms with E-state index >= 15 is 0 Å². The molecule has 0 aromatic rings. The molecule has 3 heteroatoms. The van der Waals surface area contributed by atoms with Gasteiger partial charge in [0.05, 0.1) is 13.2 Å². The van der Waals surface area contributed by atoms with E-state index in [1.54, 1.807) is 0 Å². The van der Waals surface area contributed by atoms with Crippen LogP contribution in [0.25, 0.3) is 0 Å². The topological polar surface area (TPSA) is 38.7 Å². The summed E-state index contributed by atoms with van der Waals surface area (Å²) in [6, 6.07) is 0. The van der Waals surface area contributed by atoms with E-state index in [0.717, 1.165) is 0 Å². The molecule has 0 aliphatic carbocycles. The van der Waals surface area contributed by atoms with E-state index in [-0.39, 0.29) is 13.2 Å². The van der Waals surface area contributed by atoms with E-state index < -0.39 is 0 Å². The predicted octanol–water partition coefficient (Wildman–Crippen LogP) is 0.503. The maximum Gasteiger partial charge on any atom is 0.105 e. The van der Waals surface area contributed by atoms with Crippen molar-refractivity contribution in [2.24, 2.45) is 0 Å². The summed E-state index contributed by atoms with van der Waals surface area (Å²) < 4.78 is 0. The highest BCUT2D eigenvalue weighted by Crippen LogP contribution is 1.88. The Morgan fingerprint density at radius 3 is 2.67 bits per heavy atom. The third-order valence-corrected chi connectivity index (χ3v) is 0.688. The van der Waals surface area contributed by atoms with Gasteiger partial charge < -0.3 is 5.11 Å². The van der Waals surface area contributed by atoms with Gasteiger partial charge in [0, 0.05) is 0 Å². The van der Waals surface area contributed by atoms with Gasteiger partial charge >= 0.3 is 0 Å². The molecular formula is C6H12O3. The normalized spacial score (nSPS) is 9.56. The largest absolute Gasteiger partial charge is 0.392 e. The van der Waals surface area contributed by atoms with Gasteiger partial charge in [-0.3, -0.25) is 0 Å². The number of hydrogen-bond acceptors (Lipinski definition) is 3. The summed E-state index contributed by atoms with van der Waals surface area (Å²) in [5.41, 5.74) is 0.614. The molecule has 0 aliphatic rings. The molecule has 0 heterocycles. The maximum atomic E-state index is 8.40. The summed E-state index contributed by atoms with van der Waals surface area (Å²) >= 11 is 0. The Balaban J connectivity index is 2.97. The summed E-state index contributed by atoms with van der Waals surface area (Å²) in [7, 11) is 0. The van der Waals surface area contributed by atoms with Gasteiger partial charge in [0.15, 0.2) is 0 Å². The molecule has 54 valence electrons. The lowest BCUT2D eigenvalue weighted by Gasteiger charge is -2.00. The molecule has 3 nitrogen and oxygen atoms in total. The van der Waals surface area contributed by atoms with Gasteiger partial charge in [0.25, 0.3) is 0 Å². The Labute approximate surface area is 54.8 Å². The van der Waals surface area contributed by atoms with Crippen molar-refractivity contribution in [3.05, 3.63) is 12.2 Å². The van der Waals surface area contributed by atoms with E-state index in [9.17, 15) is 0 Å². The second-order valence-corrected chi connectivity index (χ2v) is 1.58. The van der Waals surface area contributed by atoms with Crippen LogP contribution in [0.2, 0.25) is 0 Å². The molecule has 0 saturated heterocycles. The fraction of sp³-hybridized carbons (Fsp3) is 0.667. The van der Waals surface area contributed by atoms with Crippen molar-refractivity contribution >= 4 is 0 Å². The third kappa shape index (κ3) is 5.49. The van der Waals surface area contributed by atoms with Gasteiger partial charge in [-0.15, -0.1) is 0 Å². The molecule has 1 N–H and O–H groups in total. The predicted molar refractivity (Wildman–Crippen MR) is 33.8 cm³/mol. The van der Waals surface area contributed by atoms with Crippen LogP contribution in [-0.4, -0.2) is 24.9 Å². The molecule has 0 radical (unpaired) electrons. The lowest BCUT2D eigenvalue weighted by Crippen LogP contribution is -2.01. The third-order valence-electron chi connectivity index (χ3n) is 0.688. The van der Waals surface area contributed by atoms with Crippen LogP contribution in [0.15, 0.2) is 12.2 Å².